The van der Waals surface area contributed by atoms with Crippen LogP contribution in [0.25, 0.3) is 0 Å². The van der Waals surface area contributed by atoms with Gasteiger partial charge in [-0.25, -0.2) is 0 Å². The van der Waals surface area contributed by atoms with Crippen LogP contribution in [0.1, 0.15) is 41.4 Å². The number of amides is 1. The summed E-state index contributed by atoms with van der Waals surface area (Å²) in [6.07, 6.45) is 0. The molecule has 0 saturated carbocycles. The highest BCUT2D eigenvalue weighted by Gasteiger charge is 2.15. The minimum atomic E-state index is -0.402. The fourth-order valence-corrected chi connectivity index (χ4v) is 2.55. The summed E-state index contributed by atoms with van der Waals surface area (Å²) in [5.74, 6) is 0.0480. The molecule has 1 amide bonds. The lowest BCUT2D eigenvalue weighted by Gasteiger charge is -2.23. The second kappa shape index (κ2) is 7.43. The van der Waals surface area contributed by atoms with Crippen molar-refractivity contribution >= 4 is 17.5 Å². The number of carbonyl (C=O) groups is 1. The molecule has 4 heteroatoms. The van der Waals surface area contributed by atoms with Crippen LogP contribution in [0.15, 0.2) is 48.5 Å². The van der Waals surface area contributed by atoms with Crippen LogP contribution in [-0.2, 0) is 6.54 Å². The van der Waals surface area contributed by atoms with Gasteiger partial charge in [-0.2, -0.15) is 0 Å². The number of halogens is 1. The fourth-order valence-electron chi connectivity index (χ4n) is 2.42. The van der Waals surface area contributed by atoms with E-state index in [9.17, 15) is 4.79 Å². The van der Waals surface area contributed by atoms with Gasteiger partial charge < -0.3 is 11.1 Å². The largest absolute Gasteiger partial charge is 0.366 e. The summed E-state index contributed by atoms with van der Waals surface area (Å²) in [4.78, 5) is 11.1. The predicted octanol–water partition coefficient (Wildman–Crippen LogP) is 3.93. The van der Waals surface area contributed by atoms with Crippen molar-refractivity contribution in [2.45, 2.75) is 26.4 Å². The van der Waals surface area contributed by atoms with E-state index in [1.807, 2.05) is 24.3 Å². The van der Waals surface area contributed by atoms with E-state index in [1.165, 1.54) is 5.56 Å². The highest BCUT2D eigenvalue weighted by atomic mass is 35.5. The second-order valence-electron chi connectivity index (χ2n) is 5.72. The molecule has 0 saturated heterocycles. The summed E-state index contributed by atoms with van der Waals surface area (Å²) in [6, 6.07) is 15.5. The van der Waals surface area contributed by atoms with Crippen molar-refractivity contribution in [3.05, 3.63) is 70.2 Å². The van der Waals surface area contributed by atoms with Gasteiger partial charge in [0.05, 0.1) is 0 Å². The zero-order valence-electron chi connectivity index (χ0n) is 12.8. The molecule has 0 aromatic heterocycles. The zero-order chi connectivity index (χ0) is 16.1. The lowest BCUT2D eigenvalue weighted by Crippen LogP contribution is -2.25. The molecule has 2 aromatic carbocycles. The fraction of sp³-hybridized carbons (Fsp3) is 0.278. The van der Waals surface area contributed by atoms with Gasteiger partial charge in [0.25, 0.3) is 0 Å². The molecule has 1 unspecified atom stereocenters. The third-order valence-electron chi connectivity index (χ3n) is 3.66. The SMILES string of the molecule is CC(C)C(NCc1ccc(C(N)=O)cc1)c1ccc(Cl)cc1. The molecule has 0 radical (unpaired) electrons. The molecule has 0 aliphatic heterocycles. The van der Waals surface area contributed by atoms with E-state index in [1.54, 1.807) is 12.1 Å². The Bertz CT molecular complexity index is 621. The maximum absolute atomic E-state index is 11.1. The van der Waals surface area contributed by atoms with Crippen molar-refractivity contribution in [1.29, 1.82) is 0 Å². The van der Waals surface area contributed by atoms with Gasteiger partial charge >= 0.3 is 0 Å². The number of primary amides is 1. The normalized spacial score (nSPS) is 12.4. The van der Waals surface area contributed by atoms with E-state index in [0.717, 1.165) is 17.1 Å². The van der Waals surface area contributed by atoms with Crippen molar-refractivity contribution in [3.63, 3.8) is 0 Å². The molecule has 0 aliphatic carbocycles. The molecule has 0 spiro atoms. The summed E-state index contributed by atoms with van der Waals surface area (Å²) in [5.41, 5.74) is 8.11. The quantitative estimate of drug-likeness (QED) is 0.848. The Labute approximate surface area is 136 Å². The number of carbonyl (C=O) groups excluding carboxylic acids is 1. The summed E-state index contributed by atoms with van der Waals surface area (Å²) < 4.78 is 0. The van der Waals surface area contributed by atoms with Crippen LogP contribution in [0.5, 0.6) is 0 Å². The monoisotopic (exact) mass is 316 g/mol. The molecule has 22 heavy (non-hydrogen) atoms. The number of hydrogen-bond acceptors (Lipinski definition) is 2. The predicted molar refractivity (Wildman–Crippen MR) is 90.8 cm³/mol. The van der Waals surface area contributed by atoms with E-state index in [0.29, 0.717) is 11.5 Å². The van der Waals surface area contributed by atoms with Crippen LogP contribution in [0.3, 0.4) is 0 Å². The number of hydrogen-bond donors (Lipinski definition) is 2. The summed E-state index contributed by atoms with van der Waals surface area (Å²) >= 11 is 5.95. The van der Waals surface area contributed by atoms with Crippen molar-refractivity contribution in [3.8, 4) is 0 Å². The van der Waals surface area contributed by atoms with Crippen LogP contribution in [0, 0.1) is 5.92 Å². The Morgan fingerprint density at radius 2 is 1.68 bits per heavy atom. The molecule has 2 aromatic rings. The van der Waals surface area contributed by atoms with Gasteiger partial charge in [-0.05, 0) is 41.3 Å². The third-order valence-corrected chi connectivity index (χ3v) is 3.91. The van der Waals surface area contributed by atoms with E-state index in [-0.39, 0.29) is 6.04 Å². The van der Waals surface area contributed by atoms with E-state index >= 15 is 0 Å². The standard InChI is InChI=1S/C18H21ClN2O/c1-12(2)17(14-7-9-16(19)10-8-14)21-11-13-3-5-15(6-4-13)18(20)22/h3-10,12,17,21H,11H2,1-2H3,(H2,20,22). The molecule has 0 bridgehead atoms. The Balaban J connectivity index is 2.05. The lowest BCUT2D eigenvalue weighted by molar-refractivity contribution is 0.100. The van der Waals surface area contributed by atoms with Crippen LogP contribution in [0.4, 0.5) is 0 Å². The maximum atomic E-state index is 11.1. The molecule has 0 heterocycles. The van der Waals surface area contributed by atoms with Crippen molar-refractivity contribution in [1.82, 2.24) is 5.32 Å². The van der Waals surface area contributed by atoms with E-state index in [4.69, 9.17) is 17.3 Å². The first-order valence-corrected chi connectivity index (χ1v) is 7.72. The van der Waals surface area contributed by atoms with Crippen molar-refractivity contribution in [2.24, 2.45) is 11.7 Å². The van der Waals surface area contributed by atoms with Crippen molar-refractivity contribution < 1.29 is 4.79 Å². The highest BCUT2D eigenvalue weighted by molar-refractivity contribution is 6.30. The molecule has 116 valence electrons. The van der Waals surface area contributed by atoms with E-state index in [2.05, 4.69) is 31.3 Å². The molecule has 0 aliphatic rings. The summed E-state index contributed by atoms with van der Waals surface area (Å²) in [7, 11) is 0. The van der Waals surface area contributed by atoms with Crippen LogP contribution >= 0.6 is 11.6 Å². The summed E-state index contributed by atoms with van der Waals surface area (Å²) in [6.45, 7) is 5.09. The number of nitrogens with two attached hydrogens (primary N) is 1. The molecule has 2 rings (SSSR count). The molecule has 0 fully saturated rings. The van der Waals surface area contributed by atoms with Gasteiger partial charge in [-0.15, -0.1) is 0 Å². The smallest absolute Gasteiger partial charge is 0.248 e. The molecular formula is C18H21ClN2O. The average molecular weight is 317 g/mol. The van der Waals surface area contributed by atoms with Gasteiger partial charge in [0.15, 0.2) is 0 Å². The highest BCUT2D eigenvalue weighted by Crippen LogP contribution is 2.23. The van der Waals surface area contributed by atoms with Gasteiger partial charge in [-0.3, -0.25) is 4.79 Å². The van der Waals surface area contributed by atoms with E-state index < -0.39 is 5.91 Å². The van der Waals surface area contributed by atoms with Gasteiger partial charge in [0.1, 0.15) is 0 Å². The van der Waals surface area contributed by atoms with Crippen LogP contribution in [0.2, 0.25) is 5.02 Å². The average Bonchev–Trinajstić information content (AvgIpc) is 2.49. The first kappa shape index (κ1) is 16.5. The summed E-state index contributed by atoms with van der Waals surface area (Å²) in [5, 5.41) is 4.30. The first-order valence-electron chi connectivity index (χ1n) is 7.35. The Kier molecular flexibility index (Phi) is 5.58. The third kappa shape index (κ3) is 4.33. The Hall–Kier alpha value is -1.84. The second-order valence-corrected chi connectivity index (χ2v) is 6.15. The Morgan fingerprint density at radius 3 is 2.18 bits per heavy atom. The van der Waals surface area contributed by atoms with Gasteiger partial charge in [0, 0.05) is 23.2 Å². The molecule has 3 N–H and O–H groups in total. The maximum Gasteiger partial charge on any atom is 0.248 e. The molecule has 1 atom stereocenters. The number of benzene rings is 2. The topological polar surface area (TPSA) is 55.1 Å². The van der Waals surface area contributed by atoms with Gasteiger partial charge in [-0.1, -0.05) is 49.7 Å². The van der Waals surface area contributed by atoms with Crippen LogP contribution < -0.4 is 11.1 Å². The lowest BCUT2D eigenvalue weighted by atomic mass is 9.96. The number of rotatable bonds is 6. The van der Waals surface area contributed by atoms with Crippen molar-refractivity contribution in [2.75, 3.05) is 0 Å². The zero-order valence-corrected chi connectivity index (χ0v) is 13.6. The number of nitrogens with one attached hydrogen (secondary N) is 1. The van der Waals surface area contributed by atoms with Crippen LogP contribution in [-0.4, -0.2) is 5.91 Å². The molecular weight excluding hydrogens is 296 g/mol. The minimum absolute atomic E-state index is 0.244. The first-order chi connectivity index (χ1) is 10.5. The minimum Gasteiger partial charge on any atom is -0.366 e. The van der Waals surface area contributed by atoms with Gasteiger partial charge in [0.2, 0.25) is 5.91 Å². The molecule has 3 nitrogen and oxygen atoms in total. The Morgan fingerprint density at radius 1 is 1.09 bits per heavy atom.